The van der Waals surface area contributed by atoms with Crippen LogP contribution in [0.4, 0.5) is 4.79 Å². The van der Waals surface area contributed by atoms with Crippen molar-refractivity contribution in [2.24, 2.45) is 0 Å². The van der Waals surface area contributed by atoms with Gasteiger partial charge in [-0.15, -0.1) is 0 Å². The molecule has 0 radical (unpaired) electrons. The number of carbonyl (C=O) groups is 2. The van der Waals surface area contributed by atoms with Crippen molar-refractivity contribution >= 4 is 11.9 Å². The molecule has 1 aromatic rings. The molecule has 1 heterocycles. The molecule has 0 saturated carbocycles. The third kappa shape index (κ3) is 3.71. The highest BCUT2D eigenvalue weighted by molar-refractivity contribution is 5.79. The zero-order valence-electron chi connectivity index (χ0n) is 11.4. The molecule has 1 unspecified atom stereocenters. The van der Waals surface area contributed by atoms with Gasteiger partial charge >= 0.3 is 6.03 Å². The standard InChI is InChI=1S/C14H19N3O3/c1-14(8-7-12(18)16-14)10-15-13(19)17(20)9-11-5-3-2-4-6-11/h2-6,20H,7-10H2,1H3,(H,15,19)(H,16,18). The van der Waals surface area contributed by atoms with E-state index in [9.17, 15) is 14.8 Å². The van der Waals surface area contributed by atoms with E-state index in [0.29, 0.717) is 24.4 Å². The van der Waals surface area contributed by atoms with E-state index in [-0.39, 0.29) is 12.5 Å². The van der Waals surface area contributed by atoms with Gasteiger partial charge < -0.3 is 10.6 Å². The average Bonchev–Trinajstić information content (AvgIpc) is 2.77. The summed E-state index contributed by atoms with van der Waals surface area (Å²) in [6.45, 7) is 2.29. The van der Waals surface area contributed by atoms with Gasteiger partial charge in [0.2, 0.25) is 5.91 Å². The predicted molar refractivity (Wildman–Crippen MR) is 73.0 cm³/mol. The summed E-state index contributed by atoms with van der Waals surface area (Å²) in [4.78, 5) is 23.0. The summed E-state index contributed by atoms with van der Waals surface area (Å²) in [6, 6.07) is 8.64. The van der Waals surface area contributed by atoms with Crippen molar-refractivity contribution in [3.05, 3.63) is 35.9 Å². The second kappa shape index (κ2) is 5.92. The smallest absolute Gasteiger partial charge is 0.341 e. The number of hydroxylamine groups is 2. The first kappa shape index (κ1) is 14.3. The molecular formula is C14H19N3O3. The third-order valence-corrected chi connectivity index (χ3v) is 3.38. The van der Waals surface area contributed by atoms with E-state index >= 15 is 0 Å². The fourth-order valence-corrected chi connectivity index (χ4v) is 2.17. The molecule has 0 bridgehead atoms. The van der Waals surface area contributed by atoms with Gasteiger partial charge in [0.1, 0.15) is 0 Å². The molecule has 1 aliphatic rings. The number of nitrogens with one attached hydrogen (secondary N) is 2. The van der Waals surface area contributed by atoms with Crippen molar-refractivity contribution in [1.29, 1.82) is 0 Å². The van der Waals surface area contributed by atoms with Crippen LogP contribution in [0.25, 0.3) is 0 Å². The maximum atomic E-state index is 11.8. The predicted octanol–water partition coefficient (Wildman–Crippen LogP) is 1.26. The lowest BCUT2D eigenvalue weighted by Gasteiger charge is -2.25. The van der Waals surface area contributed by atoms with Gasteiger partial charge in [0.25, 0.3) is 0 Å². The second-order valence-corrected chi connectivity index (χ2v) is 5.31. The van der Waals surface area contributed by atoms with Gasteiger partial charge in [0.15, 0.2) is 0 Å². The number of urea groups is 1. The summed E-state index contributed by atoms with van der Waals surface area (Å²) >= 11 is 0. The third-order valence-electron chi connectivity index (χ3n) is 3.38. The van der Waals surface area contributed by atoms with Crippen LogP contribution in [0.5, 0.6) is 0 Å². The summed E-state index contributed by atoms with van der Waals surface area (Å²) in [5.41, 5.74) is 0.408. The molecule has 3 amide bonds. The van der Waals surface area contributed by atoms with E-state index in [2.05, 4.69) is 10.6 Å². The maximum absolute atomic E-state index is 11.8. The molecule has 6 nitrogen and oxygen atoms in total. The molecule has 6 heteroatoms. The molecule has 0 aromatic heterocycles. The van der Waals surface area contributed by atoms with Crippen molar-refractivity contribution in [2.45, 2.75) is 31.8 Å². The van der Waals surface area contributed by atoms with Crippen molar-refractivity contribution in [1.82, 2.24) is 15.7 Å². The first-order valence-electron chi connectivity index (χ1n) is 6.58. The number of nitrogens with zero attached hydrogens (tertiary/aromatic N) is 1. The first-order valence-corrected chi connectivity index (χ1v) is 6.58. The molecule has 0 spiro atoms. The fraction of sp³-hybridized carbons (Fsp3) is 0.429. The zero-order chi connectivity index (χ0) is 14.6. The van der Waals surface area contributed by atoms with Crippen LogP contribution in [0.1, 0.15) is 25.3 Å². The number of hydrogen-bond acceptors (Lipinski definition) is 3. The molecule has 0 aliphatic carbocycles. The van der Waals surface area contributed by atoms with E-state index in [1.165, 1.54) is 0 Å². The Balaban J connectivity index is 1.81. The van der Waals surface area contributed by atoms with Crippen LogP contribution in [0.2, 0.25) is 0 Å². The van der Waals surface area contributed by atoms with Crippen LogP contribution in [-0.2, 0) is 11.3 Å². The molecular weight excluding hydrogens is 258 g/mol. The number of rotatable bonds is 4. The van der Waals surface area contributed by atoms with Crippen molar-refractivity contribution in [2.75, 3.05) is 6.54 Å². The Bertz CT molecular complexity index is 492. The Labute approximate surface area is 117 Å². The Morgan fingerprint density at radius 2 is 2.15 bits per heavy atom. The molecule has 3 N–H and O–H groups in total. The van der Waals surface area contributed by atoms with E-state index in [1.807, 2.05) is 37.3 Å². The van der Waals surface area contributed by atoms with Gasteiger partial charge in [0, 0.05) is 13.0 Å². The summed E-state index contributed by atoms with van der Waals surface area (Å²) < 4.78 is 0. The highest BCUT2D eigenvalue weighted by Gasteiger charge is 2.33. The van der Waals surface area contributed by atoms with Gasteiger partial charge in [-0.25, -0.2) is 9.86 Å². The van der Waals surface area contributed by atoms with Gasteiger partial charge in [0.05, 0.1) is 12.1 Å². The van der Waals surface area contributed by atoms with Crippen LogP contribution >= 0.6 is 0 Å². The topological polar surface area (TPSA) is 81.7 Å². The Kier molecular flexibility index (Phi) is 4.24. The Morgan fingerprint density at radius 1 is 1.45 bits per heavy atom. The first-order chi connectivity index (χ1) is 9.48. The lowest BCUT2D eigenvalue weighted by Crippen LogP contribution is -2.50. The van der Waals surface area contributed by atoms with Crippen LogP contribution < -0.4 is 10.6 Å². The Morgan fingerprint density at radius 3 is 2.75 bits per heavy atom. The van der Waals surface area contributed by atoms with E-state index in [1.54, 1.807) is 0 Å². The van der Waals surface area contributed by atoms with Crippen molar-refractivity contribution in [3.8, 4) is 0 Å². The number of hydrogen-bond donors (Lipinski definition) is 3. The van der Waals surface area contributed by atoms with Crippen molar-refractivity contribution < 1.29 is 14.8 Å². The van der Waals surface area contributed by atoms with Crippen molar-refractivity contribution in [3.63, 3.8) is 0 Å². The summed E-state index contributed by atoms with van der Waals surface area (Å²) in [6.07, 6.45) is 1.15. The van der Waals surface area contributed by atoms with Crippen LogP contribution in [-0.4, -0.2) is 34.3 Å². The number of carbonyl (C=O) groups excluding carboxylic acids is 2. The maximum Gasteiger partial charge on any atom is 0.341 e. The monoisotopic (exact) mass is 277 g/mol. The highest BCUT2D eigenvalue weighted by atomic mass is 16.5. The van der Waals surface area contributed by atoms with Gasteiger partial charge in [-0.1, -0.05) is 30.3 Å². The molecule has 1 aromatic carbocycles. The number of benzene rings is 1. The fourth-order valence-electron chi connectivity index (χ4n) is 2.17. The minimum absolute atomic E-state index is 0.00751. The highest BCUT2D eigenvalue weighted by Crippen LogP contribution is 2.18. The molecule has 1 aliphatic heterocycles. The second-order valence-electron chi connectivity index (χ2n) is 5.31. The molecule has 2 rings (SSSR count). The normalized spacial score (nSPS) is 21.4. The Hall–Kier alpha value is -2.08. The minimum Gasteiger partial charge on any atom is -0.349 e. The van der Waals surface area contributed by atoms with Gasteiger partial charge in [-0.2, -0.15) is 0 Å². The van der Waals surface area contributed by atoms with E-state index in [0.717, 1.165) is 5.56 Å². The molecule has 108 valence electrons. The summed E-state index contributed by atoms with van der Waals surface area (Å²) in [5.74, 6) is -0.00751. The van der Waals surface area contributed by atoms with E-state index in [4.69, 9.17) is 0 Å². The zero-order valence-corrected chi connectivity index (χ0v) is 11.4. The largest absolute Gasteiger partial charge is 0.349 e. The summed E-state index contributed by atoms with van der Waals surface area (Å²) in [7, 11) is 0. The molecule has 1 saturated heterocycles. The van der Waals surface area contributed by atoms with Crippen LogP contribution in [0.3, 0.4) is 0 Å². The quantitative estimate of drug-likeness (QED) is 0.572. The van der Waals surface area contributed by atoms with E-state index < -0.39 is 11.6 Å². The minimum atomic E-state index is -0.573. The SMILES string of the molecule is CC1(CNC(=O)N(O)Cc2ccccc2)CCC(=O)N1. The van der Waals surface area contributed by atoms with Crippen LogP contribution in [0.15, 0.2) is 30.3 Å². The van der Waals surface area contributed by atoms with Gasteiger partial charge in [-0.05, 0) is 18.9 Å². The van der Waals surface area contributed by atoms with Crippen LogP contribution in [0, 0.1) is 0 Å². The average molecular weight is 277 g/mol. The summed E-state index contributed by atoms with van der Waals surface area (Å²) in [5, 5.41) is 15.8. The molecule has 1 atom stereocenters. The van der Waals surface area contributed by atoms with Gasteiger partial charge in [-0.3, -0.25) is 10.0 Å². The molecule has 20 heavy (non-hydrogen) atoms. The number of amides is 3. The molecule has 1 fully saturated rings. The lowest BCUT2D eigenvalue weighted by molar-refractivity contribution is -0.119. The lowest BCUT2D eigenvalue weighted by atomic mass is 10.0.